The molecule has 0 N–H and O–H groups in total. The van der Waals surface area contributed by atoms with Crippen LogP contribution in [0.25, 0.3) is 38.8 Å². The van der Waals surface area contributed by atoms with E-state index in [1.54, 1.807) is 0 Å². The molecule has 1 aliphatic heterocycles. The largest absolute Gasteiger partial charge is 0.457 e. The number of hydrogen-bond donors (Lipinski definition) is 0. The zero-order valence-electron chi connectivity index (χ0n) is 23.2. The van der Waals surface area contributed by atoms with Crippen LogP contribution in [0.5, 0.6) is 11.5 Å². The van der Waals surface area contributed by atoms with E-state index in [2.05, 4.69) is 143 Å². The van der Waals surface area contributed by atoms with Crippen molar-refractivity contribution in [3.05, 3.63) is 140 Å². The third-order valence-electron chi connectivity index (χ3n) is 8.03. The lowest BCUT2D eigenvalue weighted by Crippen LogP contribution is -2.23. The quantitative estimate of drug-likeness (QED) is 0.216. The maximum absolute atomic E-state index is 6.51. The number of para-hydroxylation sites is 3. The maximum Gasteiger partial charge on any atom is 0.138 e. The van der Waals surface area contributed by atoms with E-state index in [0.717, 1.165) is 57.2 Å². The Morgan fingerprint density at radius 1 is 0.595 bits per heavy atom. The predicted octanol–water partition coefficient (Wildman–Crippen LogP) is 9.18. The van der Waals surface area contributed by atoms with Gasteiger partial charge in [0.25, 0.3) is 0 Å². The van der Waals surface area contributed by atoms with Crippen molar-refractivity contribution in [1.82, 2.24) is 9.55 Å². The molecule has 0 amide bonds. The summed E-state index contributed by atoms with van der Waals surface area (Å²) in [6.07, 6.45) is 1.89. The number of ether oxygens (including phenoxy) is 1. The molecule has 0 spiro atoms. The van der Waals surface area contributed by atoms with Gasteiger partial charge >= 0.3 is 0 Å². The lowest BCUT2D eigenvalue weighted by Gasteiger charge is -2.20. The van der Waals surface area contributed by atoms with Gasteiger partial charge in [0.15, 0.2) is 0 Å². The summed E-state index contributed by atoms with van der Waals surface area (Å²) in [4.78, 5) is 9.39. The molecule has 7 aromatic rings. The molecular formula is C37H28N4O. The van der Waals surface area contributed by atoms with Crippen LogP contribution < -0.4 is 14.5 Å². The highest BCUT2D eigenvalue weighted by Gasteiger charge is 2.24. The lowest BCUT2D eigenvalue weighted by atomic mass is 10.1. The molecule has 0 aliphatic carbocycles. The molecule has 5 heteroatoms. The molecule has 0 bridgehead atoms. The Kier molecular flexibility index (Phi) is 5.67. The summed E-state index contributed by atoms with van der Waals surface area (Å²) in [6, 6.07) is 46.3. The number of anilines is 3. The van der Waals surface area contributed by atoms with Gasteiger partial charge in [-0.2, -0.15) is 0 Å². The van der Waals surface area contributed by atoms with E-state index < -0.39 is 0 Å². The van der Waals surface area contributed by atoms with E-state index in [1.165, 1.54) is 16.8 Å². The predicted molar refractivity (Wildman–Crippen MR) is 172 cm³/mol. The molecule has 202 valence electrons. The van der Waals surface area contributed by atoms with Gasteiger partial charge < -0.3 is 14.5 Å². The number of aromatic nitrogens is 2. The molecule has 0 unspecified atom stereocenters. The molecule has 42 heavy (non-hydrogen) atoms. The van der Waals surface area contributed by atoms with Crippen molar-refractivity contribution in [2.45, 2.75) is 0 Å². The van der Waals surface area contributed by atoms with E-state index >= 15 is 0 Å². The van der Waals surface area contributed by atoms with Crippen molar-refractivity contribution in [1.29, 1.82) is 0 Å². The minimum atomic E-state index is 0.780. The van der Waals surface area contributed by atoms with E-state index in [9.17, 15) is 0 Å². The van der Waals surface area contributed by atoms with Crippen molar-refractivity contribution in [2.24, 2.45) is 0 Å². The van der Waals surface area contributed by atoms with Gasteiger partial charge in [-0.05, 0) is 65.7 Å². The summed E-state index contributed by atoms with van der Waals surface area (Å²) < 4.78 is 8.74. The van der Waals surface area contributed by atoms with E-state index in [4.69, 9.17) is 9.72 Å². The van der Waals surface area contributed by atoms with Gasteiger partial charge in [-0.3, -0.25) is 4.57 Å². The molecule has 5 aromatic carbocycles. The Labute approximate surface area is 244 Å². The third kappa shape index (κ3) is 4.06. The average molecular weight is 545 g/mol. The summed E-state index contributed by atoms with van der Waals surface area (Å²) in [5.74, 6) is 2.45. The van der Waals surface area contributed by atoms with Crippen LogP contribution in [0.1, 0.15) is 0 Å². The van der Waals surface area contributed by atoms with Gasteiger partial charge in [0.2, 0.25) is 0 Å². The fraction of sp³-hybridized carbons (Fsp3) is 0.0541. The molecule has 3 heterocycles. The minimum absolute atomic E-state index is 0.780. The Morgan fingerprint density at radius 3 is 2.26 bits per heavy atom. The molecule has 0 saturated heterocycles. The fourth-order valence-electron chi connectivity index (χ4n) is 6.06. The number of fused-ring (bicyclic) bond motifs is 4. The zero-order valence-corrected chi connectivity index (χ0v) is 23.2. The second-order valence-electron chi connectivity index (χ2n) is 10.7. The van der Waals surface area contributed by atoms with E-state index in [1.807, 2.05) is 18.3 Å². The summed E-state index contributed by atoms with van der Waals surface area (Å²) in [5.41, 5.74) is 7.99. The highest BCUT2D eigenvalue weighted by atomic mass is 16.5. The Balaban J connectivity index is 1.20. The third-order valence-corrected chi connectivity index (χ3v) is 8.03. The molecule has 0 fully saturated rings. The number of nitrogens with zero attached hydrogens (tertiary/aromatic N) is 4. The summed E-state index contributed by atoms with van der Waals surface area (Å²) in [5, 5.41) is 2.35. The van der Waals surface area contributed by atoms with Crippen LogP contribution in [0.2, 0.25) is 0 Å². The molecule has 1 aliphatic rings. The van der Waals surface area contributed by atoms with Crippen LogP contribution in [0.3, 0.4) is 0 Å². The summed E-state index contributed by atoms with van der Waals surface area (Å²) >= 11 is 0. The van der Waals surface area contributed by atoms with Crippen LogP contribution in [0.15, 0.2) is 140 Å². The van der Waals surface area contributed by atoms with Gasteiger partial charge in [-0.15, -0.1) is 0 Å². The fourth-order valence-corrected chi connectivity index (χ4v) is 6.06. The zero-order chi connectivity index (χ0) is 28.0. The Bertz CT molecular complexity index is 2080. The monoisotopic (exact) mass is 544 g/mol. The summed E-state index contributed by atoms with van der Waals surface area (Å²) in [7, 11) is 2.12. The standard InChI is InChI=1S/C37H28N4O/c1-39-25-40(35-17-8-7-16-34(35)39)28-12-9-13-29(23-28)42-30-18-19-32-31-14-5-6-15-33(31)41(36(32)24-30)37-22-27(20-21-38-37)26-10-3-2-4-11-26/h2-24H,25H2,1H3. The van der Waals surface area contributed by atoms with Crippen molar-refractivity contribution >= 4 is 38.9 Å². The van der Waals surface area contributed by atoms with Crippen molar-refractivity contribution in [2.75, 3.05) is 23.5 Å². The molecule has 8 rings (SSSR count). The number of benzene rings is 5. The number of rotatable bonds is 5. The van der Waals surface area contributed by atoms with Crippen molar-refractivity contribution in [3.8, 4) is 28.4 Å². The highest BCUT2D eigenvalue weighted by molar-refractivity contribution is 6.09. The highest BCUT2D eigenvalue weighted by Crippen LogP contribution is 2.41. The van der Waals surface area contributed by atoms with Gasteiger partial charge in [0.05, 0.1) is 29.1 Å². The average Bonchev–Trinajstić information content (AvgIpc) is 3.56. The molecular weight excluding hydrogens is 516 g/mol. The van der Waals surface area contributed by atoms with Gasteiger partial charge in [0.1, 0.15) is 17.3 Å². The molecule has 0 saturated carbocycles. The van der Waals surface area contributed by atoms with Crippen molar-refractivity contribution < 1.29 is 4.74 Å². The molecule has 2 aromatic heterocycles. The summed E-state index contributed by atoms with van der Waals surface area (Å²) in [6.45, 7) is 0.796. The van der Waals surface area contributed by atoms with Gasteiger partial charge in [0, 0.05) is 41.8 Å². The second-order valence-corrected chi connectivity index (χ2v) is 10.7. The Morgan fingerprint density at radius 2 is 1.36 bits per heavy atom. The minimum Gasteiger partial charge on any atom is -0.457 e. The van der Waals surface area contributed by atoms with Crippen LogP contribution in [0, 0.1) is 0 Å². The molecule has 0 radical (unpaired) electrons. The van der Waals surface area contributed by atoms with Crippen molar-refractivity contribution in [3.63, 3.8) is 0 Å². The molecule has 0 atom stereocenters. The first kappa shape index (κ1) is 24.3. The van der Waals surface area contributed by atoms with Gasteiger partial charge in [-0.25, -0.2) is 4.98 Å². The van der Waals surface area contributed by atoms with Crippen LogP contribution in [-0.4, -0.2) is 23.3 Å². The van der Waals surface area contributed by atoms with Gasteiger partial charge in [-0.1, -0.05) is 66.7 Å². The first-order chi connectivity index (χ1) is 20.7. The van der Waals surface area contributed by atoms with E-state index in [-0.39, 0.29) is 0 Å². The number of hydrogen-bond acceptors (Lipinski definition) is 4. The van der Waals surface area contributed by atoms with E-state index in [0.29, 0.717) is 0 Å². The van der Waals surface area contributed by atoms with Crippen LogP contribution >= 0.6 is 0 Å². The second kappa shape index (κ2) is 9.82. The Hall–Kier alpha value is -5.55. The number of pyridine rings is 1. The van der Waals surface area contributed by atoms with Crippen LogP contribution in [-0.2, 0) is 0 Å². The van der Waals surface area contributed by atoms with Crippen LogP contribution in [0.4, 0.5) is 17.1 Å². The normalized spacial score (nSPS) is 12.7. The maximum atomic E-state index is 6.51. The lowest BCUT2D eigenvalue weighted by molar-refractivity contribution is 0.483. The topological polar surface area (TPSA) is 33.5 Å². The SMILES string of the molecule is CN1CN(c2cccc(Oc3ccc4c5ccccc5n(-c5cc(-c6ccccc6)ccn5)c4c3)c2)c2ccccc21. The smallest absolute Gasteiger partial charge is 0.138 e. The first-order valence-corrected chi connectivity index (χ1v) is 14.1. The molecule has 5 nitrogen and oxygen atoms in total. The first-order valence-electron chi connectivity index (χ1n) is 14.1.